The lowest BCUT2D eigenvalue weighted by Crippen LogP contribution is -2.36. The Kier molecular flexibility index (Phi) is 4.43. The summed E-state index contributed by atoms with van der Waals surface area (Å²) >= 11 is 0. The third-order valence-corrected chi connectivity index (χ3v) is 2.64. The molecule has 84 valence electrons. The van der Waals surface area contributed by atoms with Crippen LogP contribution in [-0.4, -0.2) is 33.8 Å². The summed E-state index contributed by atoms with van der Waals surface area (Å²) < 4.78 is 5.13. The predicted molar refractivity (Wildman–Crippen MR) is 64.8 cm³/mol. The van der Waals surface area contributed by atoms with E-state index in [1.54, 1.807) is 7.11 Å². The summed E-state index contributed by atoms with van der Waals surface area (Å²) in [6.07, 6.45) is 0. The molecule has 15 heavy (non-hydrogen) atoms. The van der Waals surface area contributed by atoms with Gasteiger partial charge in [-0.15, -0.1) is 0 Å². The van der Waals surface area contributed by atoms with Gasteiger partial charge in [0.25, 0.3) is 0 Å². The quantitative estimate of drug-likeness (QED) is 0.797. The predicted octanol–water partition coefficient (Wildman–Crippen LogP) is 1.74. The molecule has 1 aromatic rings. The van der Waals surface area contributed by atoms with Crippen LogP contribution in [0.3, 0.4) is 0 Å². The molecule has 0 aliphatic carbocycles. The van der Waals surface area contributed by atoms with E-state index >= 15 is 0 Å². The van der Waals surface area contributed by atoms with Crippen molar-refractivity contribution in [3.8, 4) is 5.75 Å². The number of nitrogens with zero attached hydrogens (tertiary/aromatic N) is 1. The highest BCUT2D eigenvalue weighted by Crippen LogP contribution is 2.19. The van der Waals surface area contributed by atoms with E-state index in [0.29, 0.717) is 6.04 Å². The molecule has 0 fully saturated rings. The summed E-state index contributed by atoms with van der Waals surface area (Å²) in [6, 6.07) is 8.59. The first-order valence-corrected chi connectivity index (χ1v) is 5.20. The molecule has 3 heteroatoms. The summed E-state index contributed by atoms with van der Waals surface area (Å²) in [4.78, 5) is 2.25. The number of hydrogen-bond donors (Lipinski definition) is 1. The van der Waals surface area contributed by atoms with Gasteiger partial charge in [0, 0.05) is 25.3 Å². The van der Waals surface area contributed by atoms with Crippen molar-refractivity contribution in [3.05, 3.63) is 24.3 Å². The number of rotatable bonds is 5. The van der Waals surface area contributed by atoms with Crippen LogP contribution in [0.15, 0.2) is 24.3 Å². The number of hydrogen-bond acceptors (Lipinski definition) is 3. The van der Waals surface area contributed by atoms with Crippen molar-refractivity contribution < 1.29 is 4.74 Å². The second-order valence-corrected chi connectivity index (χ2v) is 3.72. The van der Waals surface area contributed by atoms with Gasteiger partial charge in [-0.25, -0.2) is 0 Å². The van der Waals surface area contributed by atoms with Gasteiger partial charge < -0.3 is 15.0 Å². The molecule has 0 bridgehead atoms. The fourth-order valence-electron chi connectivity index (χ4n) is 1.50. The topological polar surface area (TPSA) is 24.5 Å². The van der Waals surface area contributed by atoms with Crippen LogP contribution in [0.2, 0.25) is 0 Å². The average Bonchev–Trinajstić information content (AvgIpc) is 2.28. The van der Waals surface area contributed by atoms with Gasteiger partial charge in [0.15, 0.2) is 0 Å². The van der Waals surface area contributed by atoms with Crippen molar-refractivity contribution in [2.24, 2.45) is 0 Å². The maximum atomic E-state index is 5.13. The molecule has 0 amide bonds. The fourth-order valence-corrected chi connectivity index (χ4v) is 1.50. The van der Waals surface area contributed by atoms with Crippen LogP contribution in [0.4, 0.5) is 5.69 Å². The molecule has 1 unspecified atom stereocenters. The van der Waals surface area contributed by atoms with Gasteiger partial charge in [-0.05, 0) is 38.2 Å². The molecule has 0 radical (unpaired) electrons. The Morgan fingerprint density at radius 3 is 2.40 bits per heavy atom. The Morgan fingerprint density at radius 2 is 1.93 bits per heavy atom. The van der Waals surface area contributed by atoms with E-state index in [1.165, 1.54) is 5.69 Å². The minimum absolute atomic E-state index is 0.475. The first-order valence-electron chi connectivity index (χ1n) is 5.20. The summed E-state index contributed by atoms with van der Waals surface area (Å²) in [5.74, 6) is 0.897. The molecule has 0 aromatic heterocycles. The Balaban J connectivity index is 2.69. The Labute approximate surface area is 92.0 Å². The van der Waals surface area contributed by atoms with E-state index in [2.05, 4.69) is 36.3 Å². The normalized spacial score (nSPS) is 12.3. The number of benzene rings is 1. The van der Waals surface area contributed by atoms with E-state index in [9.17, 15) is 0 Å². The standard InChI is InChI=1S/C12H20N2O/c1-10(9-13-2)14(3)11-5-7-12(15-4)8-6-11/h5-8,10,13H,9H2,1-4H3. The fraction of sp³-hybridized carbons (Fsp3) is 0.500. The average molecular weight is 208 g/mol. The molecule has 1 N–H and O–H groups in total. The zero-order valence-electron chi connectivity index (χ0n) is 9.95. The Morgan fingerprint density at radius 1 is 1.33 bits per heavy atom. The maximum Gasteiger partial charge on any atom is 0.119 e. The molecule has 0 aliphatic heterocycles. The Bertz CT molecular complexity index is 284. The van der Waals surface area contributed by atoms with Crippen molar-refractivity contribution in [2.75, 3.05) is 32.6 Å². The van der Waals surface area contributed by atoms with Gasteiger partial charge in [-0.1, -0.05) is 0 Å². The molecule has 0 saturated carbocycles. The van der Waals surface area contributed by atoms with Crippen LogP contribution < -0.4 is 15.0 Å². The highest BCUT2D eigenvalue weighted by molar-refractivity contribution is 5.49. The number of ether oxygens (including phenoxy) is 1. The van der Waals surface area contributed by atoms with Crippen LogP contribution in [0.5, 0.6) is 5.75 Å². The lowest BCUT2D eigenvalue weighted by atomic mass is 10.2. The largest absolute Gasteiger partial charge is 0.497 e. The molecular formula is C12H20N2O. The molecule has 0 aliphatic rings. The molecular weight excluding hydrogens is 188 g/mol. The highest BCUT2D eigenvalue weighted by atomic mass is 16.5. The zero-order valence-corrected chi connectivity index (χ0v) is 9.95. The van der Waals surface area contributed by atoms with Crippen molar-refractivity contribution in [1.29, 1.82) is 0 Å². The van der Waals surface area contributed by atoms with Gasteiger partial charge in [0.2, 0.25) is 0 Å². The minimum Gasteiger partial charge on any atom is -0.497 e. The third-order valence-electron chi connectivity index (χ3n) is 2.64. The van der Waals surface area contributed by atoms with Gasteiger partial charge >= 0.3 is 0 Å². The van der Waals surface area contributed by atoms with Gasteiger partial charge in [-0.2, -0.15) is 0 Å². The van der Waals surface area contributed by atoms with Crippen LogP contribution in [0.1, 0.15) is 6.92 Å². The molecule has 1 aromatic carbocycles. The number of anilines is 1. The highest BCUT2D eigenvalue weighted by Gasteiger charge is 2.08. The van der Waals surface area contributed by atoms with Crippen LogP contribution in [-0.2, 0) is 0 Å². The molecule has 0 saturated heterocycles. The first kappa shape index (κ1) is 11.9. The smallest absolute Gasteiger partial charge is 0.119 e. The van der Waals surface area contributed by atoms with Crippen LogP contribution in [0, 0.1) is 0 Å². The number of nitrogens with one attached hydrogen (secondary N) is 1. The van der Waals surface area contributed by atoms with Crippen molar-refractivity contribution >= 4 is 5.69 Å². The van der Waals surface area contributed by atoms with Gasteiger partial charge in [-0.3, -0.25) is 0 Å². The molecule has 1 atom stereocenters. The first-order chi connectivity index (χ1) is 7.19. The van der Waals surface area contributed by atoms with Crippen molar-refractivity contribution in [3.63, 3.8) is 0 Å². The van der Waals surface area contributed by atoms with Gasteiger partial charge in [0.1, 0.15) is 5.75 Å². The monoisotopic (exact) mass is 208 g/mol. The van der Waals surface area contributed by atoms with E-state index in [1.807, 2.05) is 19.2 Å². The Hall–Kier alpha value is -1.22. The van der Waals surface area contributed by atoms with E-state index in [4.69, 9.17) is 4.74 Å². The van der Waals surface area contributed by atoms with E-state index in [0.717, 1.165) is 12.3 Å². The van der Waals surface area contributed by atoms with Crippen LogP contribution in [0.25, 0.3) is 0 Å². The summed E-state index contributed by atoms with van der Waals surface area (Å²) in [5.41, 5.74) is 1.21. The minimum atomic E-state index is 0.475. The third kappa shape index (κ3) is 3.13. The lowest BCUT2D eigenvalue weighted by Gasteiger charge is -2.26. The second-order valence-electron chi connectivity index (χ2n) is 3.72. The van der Waals surface area contributed by atoms with E-state index in [-0.39, 0.29) is 0 Å². The second kappa shape index (κ2) is 5.61. The van der Waals surface area contributed by atoms with Crippen molar-refractivity contribution in [1.82, 2.24) is 5.32 Å². The summed E-state index contributed by atoms with van der Waals surface area (Å²) in [7, 11) is 5.75. The molecule has 3 nitrogen and oxygen atoms in total. The van der Waals surface area contributed by atoms with Crippen LogP contribution >= 0.6 is 0 Å². The summed E-state index contributed by atoms with van der Waals surface area (Å²) in [5, 5.41) is 3.17. The van der Waals surface area contributed by atoms with Crippen molar-refractivity contribution in [2.45, 2.75) is 13.0 Å². The maximum absolute atomic E-state index is 5.13. The SMILES string of the molecule is CNCC(C)N(C)c1ccc(OC)cc1. The zero-order chi connectivity index (χ0) is 11.3. The summed E-state index contributed by atoms with van der Waals surface area (Å²) in [6.45, 7) is 3.17. The van der Waals surface area contributed by atoms with Gasteiger partial charge in [0.05, 0.1) is 7.11 Å². The molecule has 0 heterocycles. The lowest BCUT2D eigenvalue weighted by molar-refractivity contribution is 0.415. The number of methoxy groups -OCH3 is 1. The molecule has 1 rings (SSSR count). The number of likely N-dealkylation sites (N-methyl/N-ethyl adjacent to an activating group) is 2. The molecule has 0 spiro atoms. The van der Waals surface area contributed by atoms with E-state index < -0.39 is 0 Å².